The Morgan fingerprint density at radius 1 is 0.964 bits per heavy atom. The second-order valence-electron chi connectivity index (χ2n) is 5.87. The molecule has 0 aliphatic rings. The quantitative estimate of drug-likeness (QED) is 0.636. The normalized spacial score (nSPS) is 10.2. The Kier molecular flexibility index (Phi) is 6.14. The number of hydrogen-bond acceptors (Lipinski definition) is 3. The summed E-state index contributed by atoms with van der Waals surface area (Å²) < 4.78 is 5.70. The summed E-state index contributed by atoms with van der Waals surface area (Å²) in [5, 5.41) is 1.15. The van der Waals surface area contributed by atoms with Crippen molar-refractivity contribution in [1.82, 2.24) is 5.43 Å². The number of hydrazine groups is 1. The molecule has 0 aromatic heterocycles. The molecule has 0 bridgehead atoms. The summed E-state index contributed by atoms with van der Waals surface area (Å²) in [6.45, 7) is 0.381. The van der Waals surface area contributed by atoms with Crippen LogP contribution >= 0.6 is 11.6 Å². The van der Waals surface area contributed by atoms with Gasteiger partial charge in [-0.15, -0.1) is 0 Å². The molecule has 0 aliphatic carbocycles. The maximum Gasteiger partial charge on any atom is 0.338 e. The number of nitrogens with two attached hydrogens (primary N) is 1. The van der Waals surface area contributed by atoms with Crippen LogP contribution < -0.4 is 20.9 Å². The summed E-state index contributed by atoms with van der Waals surface area (Å²) in [4.78, 5) is 24.3. The van der Waals surface area contributed by atoms with Gasteiger partial charge in [-0.1, -0.05) is 60.1 Å². The molecule has 0 radical (unpaired) electrons. The van der Waals surface area contributed by atoms with E-state index < -0.39 is 11.9 Å². The van der Waals surface area contributed by atoms with Crippen molar-refractivity contribution in [2.45, 2.75) is 6.61 Å². The number of nitrogens with zero attached hydrogens (tertiary/aromatic N) is 1. The smallest absolute Gasteiger partial charge is 0.338 e. The highest BCUT2D eigenvalue weighted by atomic mass is 35.5. The first-order chi connectivity index (χ1) is 13.5. The zero-order valence-electron chi connectivity index (χ0n) is 14.8. The predicted molar refractivity (Wildman–Crippen MR) is 108 cm³/mol. The molecule has 0 saturated carbocycles. The molecule has 0 aliphatic heterocycles. The fraction of sp³-hybridized carbons (Fsp3) is 0.0476. The molecule has 3 N–H and O–H groups in total. The number of anilines is 1. The number of amides is 3. The van der Waals surface area contributed by atoms with E-state index in [1.807, 2.05) is 30.3 Å². The lowest BCUT2D eigenvalue weighted by molar-refractivity contribution is 0.0951. The third-order valence-corrected chi connectivity index (χ3v) is 4.19. The first kappa shape index (κ1) is 19.3. The maximum absolute atomic E-state index is 12.6. The van der Waals surface area contributed by atoms with E-state index in [4.69, 9.17) is 22.1 Å². The predicted octanol–water partition coefficient (Wildman–Crippen LogP) is 4.15. The van der Waals surface area contributed by atoms with Crippen LogP contribution in [-0.4, -0.2) is 11.9 Å². The highest BCUT2D eigenvalue weighted by Gasteiger charge is 2.18. The molecule has 3 amide bonds. The van der Waals surface area contributed by atoms with Crippen LogP contribution in [0.2, 0.25) is 5.02 Å². The van der Waals surface area contributed by atoms with E-state index in [1.54, 1.807) is 42.5 Å². The number of carbonyl (C=O) groups excluding carboxylic acids is 2. The van der Waals surface area contributed by atoms with Crippen molar-refractivity contribution >= 4 is 29.2 Å². The Bertz CT molecular complexity index is 965. The van der Waals surface area contributed by atoms with Crippen LogP contribution in [0.3, 0.4) is 0 Å². The number of ether oxygens (including phenoxy) is 1. The number of benzene rings is 3. The highest BCUT2D eigenvalue weighted by Crippen LogP contribution is 2.24. The minimum Gasteiger partial charge on any atom is -0.489 e. The largest absolute Gasteiger partial charge is 0.489 e. The molecule has 142 valence electrons. The standard InChI is InChI=1S/C21H18ClN3O3/c22-19-13-17(28-14-15-7-3-1-4-8-15)11-12-18(19)20(26)24-25(21(23)27)16-9-5-2-6-10-16/h1-13H,14H2,(H2,23,27)(H,24,26). The molecule has 28 heavy (non-hydrogen) atoms. The molecule has 7 heteroatoms. The third kappa shape index (κ3) is 4.81. The summed E-state index contributed by atoms with van der Waals surface area (Å²) in [6, 6.07) is 22.1. The number of nitrogens with one attached hydrogen (secondary N) is 1. The Morgan fingerprint density at radius 2 is 1.61 bits per heavy atom. The molecule has 0 atom stereocenters. The van der Waals surface area contributed by atoms with E-state index >= 15 is 0 Å². The Balaban J connectivity index is 1.70. The first-order valence-electron chi connectivity index (χ1n) is 8.46. The van der Waals surface area contributed by atoms with Gasteiger partial charge in [0.15, 0.2) is 0 Å². The van der Waals surface area contributed by atoms with E-state index in [9.17, 15) is 9.59 Å². The number of primary amides is 1. The third-order valence-electron chi connectivity index (χ3n) is 3.88. The second kappa shape index (κ2) is 8.92. The number of carbonyl (C=O) groups is 2. The van der Waals surface area contributed by atoms with E-state index in [0.29, 0.717) is 18.0 Å². The van der Waals surface area contributed by atoms with E-state index in [1.165, 1.54) is 6.07 Å². The molecule has 0 spiro atoms. The van der Waals surface area contributed by atoms with Crippen molar-refractivity contribution in [3.63, 3.8) is 0 Å². The van der Waals surface area contributed by atoms with Gasteiger partial charge in [0.25, 0.3) is 5.91 Å². The van der Waals surface area contributed by atoms with Crippen LogP contribution in [0.5, 0.6) is 5.75 Å². The Morgan fingerprint density at radius 3 is 2.21 bits per heavy atom. The molecule has 3 rings (SSSR count). The molecule has 3 aromatic carbocycles. The average molecular weight is 396 g/mol. The number of rotatable bonds is 5. The summed E-state index contributed by atoms with van der Waals surface area (Å²) in [6.07, 6.45) is 0. The van der Waals surface area contributed by atoms with Gasteiger partial charge in [-0.05, 0) is 35.9 Å². The summed E-state index contributed by atoms with van der Waals surface area (Å²) >= 11 is 6.24. The highest BCUT2D eigenvalue weighted by molar-refractivity contribution is 6.34. The molecule has 0 unspecified atom stereocenters. The van der Waals surface area contributed by atoms with Gasteiger partial charge >= 0.3 is 6.03 Å². The van der Waals surface area contributed by atoms with Crippen LogP contribution in [0.15, 0.2) is 78.9 Å². The van der Waals surface area contributed by atoms with E-state index in [0.717, 1.165) is 10.6 Å². The molecule has 0 heterocycles. The second-order valence-corrected chi connectivity index (χ2v) is 6.27. The maximum atomic E-state index is 12.6. The lowest BCUT2D eigenvalue weighted by Gasteiger charge is -2.21. The van der Waals surface area contributed by atoms with Crippen molar-refractivity contribution in [3.05, 3.63) is 95.0 Å². The van der Waals surface area contributed by atoms with Gasteiger partial charge in [-0.25, -0.2) is 9.80 Å². The SMILES string of the molecule is NC(=O)N(NC(=O)c1ccc(OCc2ccccc2)cc1Cl)c1ccccc1. The summed E-state index contributed by atoms with van der Waals surface area (Å²) in [5.74, 6) is -0.0394. The molecule has 6 nitrogen and oxygen atoms in total. The minimum atomic E-state index is -0.821. The average Bonchev–Trinajstić information content (AvgIpc) is 2.71. The number of halogens is 1. The van der Waals surface area contributed by atoms with Gasteiger partial charge in [0.2, 0.25) is 0 Å². The number of hydrogen-bond donors (Lipinski definition) is 2. The lowest BCUT2D eigenvalue weighted by atomic mass is 10.2. The van der Waals surface area contributed by atoms with Crippen LogP contribution in [0.4, 0.5) is 10.5 Å². The van der Waals surface area contributed by atoms with Gasteiger partial charge in [0.1, 0.15) is 12.4 Å². The Labute approximate surface area is 167 Å². The van der Waals surface area contributed by atoms with Crippen LogP contribution in [0, 0.1) is 0 Å². The van der Waals surface area contributed by atoms with Crippen LogP contribution in [0.25, 0.3) is 0 Å². The van der Waals surface area contributed by atoms with Crippen molar-refractivity contribution in [1.29, 1.82) is 0 Å². The fourth-order valence-electron chi connectivity index (χ4n) is 2.50. The monoisotopic (exact) mass is 395 g/mol. The molecule has 3 aromatic rings. The van der Waals surface area contributed by atoms with E-state index in [-0.39, 0.29) is 10.6 Å². The molecular weight excluding hydrogens is 378 g/mol. The van der Waals surface area contributed by atoms with Gasteiger partial charge in [0, 0.05) is 0 Å². The van der Waals surface area contributed by atoms with Crippen molar-refractivity contribution < 1.29 is 14.3 Å². The number of urea groups is 1. The topological polar surface area (TPSA) is 84.7 Å². The van der Waals surface area contributed by atoms with Gasteiger partial charge in [0.05, 0.1) is 16.3 Å². The molecule has 0 fully saturated rings. The summed E-state index contributed by atoms with van der Waals surface area (Å²) in [5.41, 5.74) is 9.47. The fourth-order valence-corrected chi connectivity index (χ4v) is 2.75. The zero-order valence-corrected chi connectivity index (χ0v) is 15.6. The van der Waals surface area contributed by atoms with Crippen molar-refractivity contribution in [2.75, 3.05) is 5.01 Å². The lowest BCUT2D eigenvalue weighted by Crippen LogP contribution is -2.49. The van der Waals surface area contributed by atoms with Gasteiger partial charge in [-0.3, -0.25) is 10.2 Å². The summed E-state index contributed by atoms with van der Waals surface area (Å²) in [7, 11) is 0. The first-order valence-corrected chi connectivity index (χ1v) is 8.84. The Hall–Kier alpha value is -3.51. The van der Waals surface area contributed by atoms with Gasteiger partial charge in [-0.2, -0.15) is 0 Å². The van der Waals surface area contributed by atoms with Crippen LogP contribution in [0.1, 0.15) is 15.9 Å². The number of para-hydroxylation sites is 1. The van der Waals surface area contributed by atoms with Crippen molar-refractivity contribution in [2.24, 2.45) is 5.73 Å². The van der Waals surface area contributed by atoms with E-state index in [2.05, 4.69) is 5.43 Å². The molecule has 0 saturated heterocycles. The zero-order chi connectivity index (χ0) is 19.9. The minimum absolute atomic E-state index is 0.191. The molecular formula is C21H18ClN3O3. The van der Waals surface area contributed by atoms with Crippen LogP contribution in [-0.2, 0) is 6.61 Å². The van der Waals surface area contributed by atoms with Gasteiger partial charge < -0.3 is 10.5 Å². The van der Waals surface area contributed by atoms with Crippen molar-refractivity contribution in [3.8, 4) is 5.75 Å².